The highest BCUT2D eigenvalue weighted by atomic mass is 32.2. The summed E-state index contributed by atoms with van der Waals surface area (Å²) in [4.78, 5) is -0.644. The van der Waals surface area contributed by atoms with E-state index in [1.807, 2.05) is 0 Å². The quantitative estimate of drug-likeness (QED) is 0.906. The predicted molar refractivity (Wildman–Crippen MR) is 71.0 cm³/mol. The first-order chi connectivity index (χ1) is 9.80. The third-order valence-electron chi connectivity index (χ3n) is 3.77. The van der Waals surface area contributed by atoms with Gasteiger partial charge in [0.25, 0.3) is 0 Å². The first-order valence-electron chi connectivity index (χ1n) is 6.48. The summed E-state index contributed by atoms with van der Waals surface area (Å²) < 4.78 is 58.8. The van der Waals surface area contributed by atoms with E-state index in [4.69, 9.17) is 9.84 Å². The highest BCUT2D eigenvalue weighted by molar-refractivity contribution is 7.89. The van der Waals surface area contributed by atoms with Crippen LogP contribution in [0.15, 0.2) is 17.0 Å². The van der Waals surface area contributed by atoms with Crippen LogP contribution in [0.2, 0.25) is 0 Å². The third kappa shape index (κ3) is 2.80. The van der Waals surface area contributed by atoms with E-state index in [9.17, 15) is 17.2 Å². The Bertz CT molecular complexity index is 635. The Kier molecular flexibility index (Phi) is 4.62. The second-order valence-electron chi connectivity index (χ2n) is 4.95. The number of aliphatic hydroxyl groups is 1. The Morgan fingerprint density at radius 3 is 2.62 bits per heavy atom. The number of rotatable bonds is 4. The summed E-state index contributed by atoms with van der Waals surface area (Å²) in [7, 11) is -2.79. The van der Waals surface area contributed by atoms with Crippen LogP contribution in [0.25, 0.3) is 0 Å². The molecule has 8 heteroatoms. The molecular weight excluding hydrogens is 304 g/mol. The summed E-state index contributed by atoms with van der Waals surface area (Å²) in [6, 6.07) is 1.30. The molecule has 1 saturated heterocycles. The van der Waals surface area contributed by atoms with Gasteiger partial charge in [0.05, 0.1) is 24.3 Å². The lowest BCUT2D eigenvalue weighted by Crippen LogP contribution is -2.41. The monoisotopic (exact) mass is 321 g/mol. The topological polar surface area (TPSA) is 66.8 Å². The van der Waals surface area contributed by atoms with Crippen molar-refractivity contribution in [3.8, 4) is 0 Å². The van der Waals surface area contributed by atoms with Gasteiger partial charge in [-0.1, -0.05) is 0 Å². The van der Waals surface area contributed by atoms with Gasteiger partial charge >= 0.3 is 0 Å². The Balaban J connectivity index is 2.44. The molecule has 2 rings (SSSR count). The molecule has 1 fully saturated rings. The molecule has 0 amide bonds. The number of aliphatic hydroxyl groups excluding tert-OH is 1. The average Bonchev–Trinajstić information content (AvgIpc) is 2.84. The zero-order chi connectivity index (χ0) is 15.8. The number of sulfonamides is 1. The molecule has 1 N–H and O–H groups in total. The first kappa shape index (κ1) is 16.3. The molecule has 0 radical (unpaired) electrons. The van der Waals surface area contributed by atoms with Crippen molar-refractivity contribution < 1.29 is 27.0 Å². The smallest absolute Gasteiger partial charge is 0.246 e. The molecule has 5 nitrogen and oxygen atoms in total. The van der Waals surface area contributed by atoms with Crippen molar-refractivity contribution in [3.05, 3.63) is 29.3 Å². The predicted octanol–water partition coefficient (Wildman–Crippen LogP) is 1.26. The summed E-state index contributed by atoms with van der Waals surface area (Å²) in [6.45, 7) is 1.26. The van der Waals surface area contributed by atoms with E-state index < -0.39 is 44.8 Å². The maximum absolute atomic E-state index is 14.1. The van der Waals surface area contributed by atoms with Gasteiger partial charge in [-0.05, 0) is 25.5 Å². The molecule has 1 aromatic rings. The molecule has 1 aliphatic rings. The number of hydrogen-bond donors (Lipinski definition) is 1. The van der Waals surface area contributed by atoms with Gasteiger partial charge in [-0.3, -0.25) is 0 Å². The molecule has 21 heavy (non-hydrogen) atoms. The fourth-order valence-corrected chi connectivity index (χ4v) is 3.98. The van der Waals surface area contributed by atoms with Gasteiger partial charge in [-0.15, -0.1) is 0 Å². The van der Waals surface area contributed by atoms with Crippen LogP contribution in [0.1, 0.15) is 18.9 Å². The van der Waals surface area contributed by atoms with Crippen molar-refractivity contribution in [2.24, 2.45) is 0 Å². The molecule has 0 aromatic heterocycles. The van der Waals surface area contributed by atoms with Crippen LogP contribution in [-0.4, -0.2) is 43.6 Å². The van der Waals surface area contributed by atoms with Crippen LogP contribution in [0.4, 0.5) is 8.78 Å². The lowest BCUT2D eigenvalue weighted by Gasteiger charge is -2.26. The zero-order valence-corrected chi connectivity index (χ0v) is 12.5. The summed E-state index contributed by atoms with van der Waals surface area (Å²) in [5.74, 6) is -2.23. The summed E-state index contributed by atoms with van der Waals surface area (Å²) in [6.07, 6.45) is 0.206. The number of benzene rings is 1. The fraction of sp³-hybridized carbons (Fsp3) is 0.538. The van der Waals surface area contributed by atoms with Crippen molar-refractivity contribution in [2.75, 3.05) is 13.7 Å². The zero-order valence-electron chi connectivity index (χ0n) is 11.7. The highest BCUT2D eigenvalue weighted by Gasteiger charge is 2.37. The number of halogens is 2. The molecule has 118 valence electrons. The van der Waals surface area contributed by atoms with Crippen LogP contribution in [0.3, 0.4) is 0 Å². The molecule has 1 aliphatic heterocycles. The Labute approximate surface area is 122 Å². The number of nitrogens with zero attached hydrogens (tertiary/aromatic N) is 1. The van der Waals surface area contributed by atoms with Gasteiger partial charge in [-0.25, -0.2) is 17.2 Å². The molecule has 1 heterocycles. The van der Waals surface area contributed by atoms with Gasteiger partial charge in [0.1, 0.15) is 10.7 Å². The number of hydrogen-bond acceptors (Lipinski definition) is 4. The van der Waals surface area contributed by atoms with Crippen LogP contribution in [0.5, 0.6) is 0 Å². The van der Waals surface area contributed by atoms with Crippen molar-refractivity contribution in [1.29, 1.82) is 0 Å². The van der Waals surface area contributed by atoms with Crippen LogP contribution in [-0.2, 0) is 21.4 Å². The van der Waals surface area contributed by atoms with Gasteiger partial charge in [0.15, 0.2) is 5.82 Å². The Hall–Kier alpha value is -1.09. The maximum Gasteiger partial charge on any atom is 0.246 e. The van der Waals surface area contributed by atoms with Crippen molar-refractivity contribution in [2.45, 2.75) is 37.0 Å². The molecule has 0 aliphatic carbocycles. The van der Waals surface area contributed by atoms with Gasteiger partial charge in [0.2, 0.25) is 10.0 Å². The second-order valence-corrected chi connectivity index (χ2v) is 6.92. The van der Waals surface area contributed by atoms with E-state index in [0.29, 0.717) is 13.0 Å². The van der Waals surface area contributed by atoms with Crippen molar-refractivity contribution in [1.82, 2.24) is 4.31 Å². The van der Waals surface area contributed by atoms with E-state index in [2.05, 4.69) is 0 Å². The lowest BCUT2D eigenvalue weighted by molar-refractivity contribution is 0.102. The van der Waals surface area contributed by atoms with E-state index in [1.165, 1.54) is 7.05 Å². The minimum Gasteiger partial charge on any atom is -0.391 e. The first-order valence-corrected chi connectivity index (χ1v) is 7.92. The highest BCUT2D eigenvalue weighted by Crippen LogP contribution is 2.28. The van der Waals surface area contributed by atoms with E-state index in [0.717, 1.165) is 16.4 Å². The summed E-state index contributed by atoms with van der Waals surface area (Å²) >= 11 is 0. The van der Waals surface area contributed by atoms with Crippen molar-refractivity contribution >= 4 is 10.0 Å². The van der Waals surface area contributed by atoms with Gasteiger partial charge in [-0.2, -0.15) is 4.31 Å². The van der Waals surface area contributed by atoms with Crippen LogP contribution in [0, 0.1) is 11.6 Å². The minimum absolute atomic E-state index is 0.300. The molecule has 0 spiro atoms. The summed E-state index contributed by atoms with van der Waals surface area (Å²) in [5, 5.41) is 8.97. The fourth-order valence-electron chi connectivity index (χ4n) is 2.45. The molecule has 1 aromatic carbocycles. The molecule has 0 saturated carbocycles. The molecule has 0 bridgehead atoms. The minimum atomic E-state index is -4.13. The lowest BCUT2D eigenvalue weighted by atomic mass is 10.2. The summed E-state index contributed by atoms with van der Waals surface area (Å²) in [5.41, 5.74) is -0.653. The average molecular weight is 321 g/mol. The van der Waals surface area contributed by atoms with Crippen molar-refractivity contribution in [3.63, 3.8) is 0 Å². The molecular formula is C13H17F2NO4S. The molecule has 2 atom stereocenters. The maximum atomic E-state index is 14.1. The Morgan fingerprint density at radius 1 is 1.43 bits per heavy atom. The third-order valence-corrected chi connectivity index (χ3v) is 5.67. The SMILES string of the molecule is CC1OCCC1N(C)S(=O)(=O)c1ccc(F)c(CO)c1F. The van der Waals surface area contributed by atoms with E-state index in [1.54, 1.807) is 6.92 Å². The van der Waals surface area contributed by atoms with Gasteiger partial charge in [0, 0.05) is 13.7 Å². The van der Waals surface area contributed by atoms with Crippen LogP contribution >= 0.6 is 0 Å². The number of ether oxygens (including phenoxy) is 1. The number of likely N-dealkylation sites (N-methyl/N-ethyl adjacent to an activating group) is 1. The van der Waals surface area contributed by atoms with Gasteiger partial charge < -0.3 is 9.84 Å². The standard InChI is InChI=1S/C13H17F2NO4S/c1-8-11(5-6-20-8)16(2)21(18,19)12-4-3-10(14)9(7-17)13(12)15/h3-4,8,11,17H,5-7H2,1-2H3. The molecule has 2 unspecified atom stereocenters. The van der Waals surface area contributed by atoms with Crippen LogP contribution < -0.4 is 0 Å². The Morgan fingerprint density at radius 2 is 2.10 bits per heavy atom. The van der Waals surface area contributed by atoms with E-state index >= 15 is 0 Å². The normalized spacial score (nSPS) is 23.0. The van der Waals surface area contributed by atoms with E-state index in [-0.39, 0.29) is 6.10 Å². The second kappa shape index (κ2) is 5.96. The largest absolute Gasteiger partial charge is 0.391 e.